The standard InChI is InChI=1S/C20H13FO3/c21-17-8-1-14(2-9-17)3-11-19(23)15-4-6-16(7-5-15)20-12-10-18(13-22)24-20/h1-13H. The van der Waals surface area contributed by atoms with Crippen LogP contribution in [0.15, 0.2) is 71.2 Å². The summed E-state index contributed by atoms with van der Waals surface area (Å²) in [6, 6.07) is 16.1. The highest BCUT2D eigenvalue weighted by molar-refractivity contribution is 6.07. The van der Waals surface area contributed by atoms with Gasteiger partial charge in [-0.05, 0) is 35.9 Å². The molecule has 0 atom stereocenters. The molecule has 0 aliphatic rings. The van der Waals surface area contributed by atoms with E-state index in [4.69, 9.17) is 4.42 Å². The minimum Gasteiger partial charge on any atom is -0.453 e. The highest BCUT2D eigenvalue weighted by Gasteiger charge is 2.06. The summed E-state index contributed by atoms with van der Waals surface area (Å²) in [6.45, 7) is 0. The fraction of sp³-hybridized carbons (Fsp3) is 0. The Morgan fingerprint density at radius 3 is 2.25 bits per heavy atom. The fourth-order valence-electron chi connectivity index (χ4n) is 2.21. The molecule has 0 unspecified atom stereocenters. The fourth-order valence-corrected chi connectivity index (χ4v) is 2.21. The Balaban J connectivity index is 1.73. The summed E-state index contributed by atoms with van der Waals surface area (Å²) in [7, 11) is 0. The van der Waals surface area contributed by atoms with Crippen molar-refractivity contribution in [1.82, 2.24) is 0 Å². The SMILES string of the molecule is O=Cc1ccc(-c2ccc(C(=O)C=Cc3ccc(F)cc3)cc2)o1. The van der Waals surface area contributed by atoms with Gasteiger partial charge in [-0.25, -0.2) is 4.39 Å². The van der Waals surface area contributed by atoms with Crippen molar-refractivity contribution in [1.29, 1.82) is 0 Å². The quantitative estimate of drug-likeness (QED) is 0.385. The Morgan fingerprint density at radius 1 is 0.917 bits per heavy atom. The van der Waals surface area contributed by atoms with Gasteiger partial charge in [-0.3, -0.25) is 9.59 Å². The van der Waals surface area contributed by atoms with Crippen molar-refractivity contribution < 1.29 is 18.4 Å². The number of hydrogen-bond donors (Lipinski definition) is 0. The maximum atomic E-state index is 12.8. The van der Waals surface area contributed by atoms with Crippen molar-refractivity contribution in [2.24, 2.45) is 0 Å². The minimum absolute atomic E-state index is 0.154. The van der Waals surface area contributed by atoms with Gasteiger partial charge in [0.1, 0.15) is 11.6 Å². The number of hydrogen-bond acceptors (Lipinski definition) is 3. The number of furan rings is 1. The van der Waals surface area contributed by atoms with Crippen molar-refractivity contribution in [3.05, 3.63) is 89.4 Å². The molecule has 0 spiro atoms. The highest BCUT2D eigenvalue weighted by atomic mass is 19.1. The smallest absolute Gasteiger partial charge is 0.185 e. The molecule has 0 fully saturated rings. The largest absolute Gasteiger partial charge is 0.453 e. The second kappa shape index (κ2) is 6.87. The normalized spacial score (nSPS) is 10.9. The maximum Gasteiger partial charge on any atom is 0.185 e. The van der Waals surface area contributed by atoms with E-state index >= 15 is 0 Å². The lowest BCUT2D eigenvalue weighted by Gasteiger charge is -1.99. The minimum atomic E-state index is -0.315. The monoisotopic (exact) mass is 320 g/mol. The molecular formula is C20H13FO3. The third kappa shape index (κ3) is 3.55. The number of ketones is 1. The molecule has 24 heavy (non-hydrogen) atoms. The average molecular weight is 320 g/mol. The van der Waals surface area contributed by atoms with Crippen LogP contribution >= 0.6 is 0 Å². The van der Waals surface area contributed by atoms with Gasteiger partial charge in [-0.15, -0.1) is 0 Å². The summed E-state index contributed by atoms with van der Waals surface area (Å²) in [4.78, 5) is 22.8. The number of benzene rings is 2. The summed E-state index contributed by atoms with van der Waals surface area (Å²) in [5, 5.41) is 0. The van der Waals surface area contributed by atoms with Gasteiger partial charge in [-0.2, -0.15) is 0 Å². The van der Waals surface area contributed by atoms with Gasteiger partial charge in [0, 0.05) is 11.1 Å². The van der Waals surface area contributed by atoms with Crippen LogP contribution in [0, 0.1) is 5.82 Å². The predicted molar refractivity (Wildman–Crippen MR) is 89.3 cm³/mol. The van der Waals surface area contributed by atoms with Crippen molar-refractivity contribution in [3.8, 4) is 11.3 Å². The topological polar surface area (TPSA) is 47.3 Å². The molecule has 0 aliphatic carbocycles. The van der Waals surface area contributed by atoms with Crippen LogP contribution in [-0.2, 0) is 0 Å². The van der Waals surface area contributed by atoms with E-state index in [0.717, 1.165) is 11.1 Å². The van der Waals surface area contributed by atoms with E-state index in [1.54, 1.807) is 54.6 Å². The first-order valence-electron chi connectivity index (χ1n) is 7.29. The lowest BCUT2D eigenvalue weighted by atomic mass is 10.1. The van der Waals surface area contributed by atoms with Gasteiger partial charge in [0.2, 0.25) is 0 Å². The van der Waals surface area contributed by atoms with Gasteiger partial charge in [0.05, 0.1) is 0 Å². The lowest BCUT2D eigenvalue weighted by Crippen LogP contribution is -1.93. The predicted octanol–water partition coefficient (Wildman–Crippen LogP) is 4.79. The second-order valence-corrected chi connectivity index (χ2v) is 5.15. The molecule has 1 heterocycles. The third-order valence-corrected chi connectivity index (χ3v) is 3.49. The van der Waals surface area contributed by atoms with Gasteiger partial charge in [-0.1, -0.05) is 42.5 Å². The number of allylic oxidation sites excluding steroid dienone is 1. The molecule has 0 radical (unpaired) electrons. The van der Waals surface area contributed by atoms with Crippen LogP contribution in [-0.4, -0.2) is 12.1 Å². The van der Waals surface area contributed by atoms with E-state index in [9.17, 15) is 14.0 Å². The molecule has 3 rings (SSSR count). The summed E-state index contributed by atoms with van der Waals surface area (Å²) < 4.78 is 18.2. The molecular weight excluding hydrogens is 307 g/mol. The summed E-state index contributed by atoms with van der Waals surface area (Å²) in [5.74, 6) is 0.356. The zero-order chi connectivity index (χ0) is 16.9. The molecule has 3 aromatic rings. The van der Waals surface area contributed by atoms with Crippen molar-refractivity contribution >= 4 is 18.1 Å². The Kier molecular flexibility index (Phi) is 4.47. The van der Waals surface area contributed by atoms with Crippen LogP contribution in [0.25, 0.3) is 17.4 Å². The first kappa shape index (κ1) is 15.6. The molecule has 4 heteroatoms. The van der Waals surface area contributed by atoms with Crippen LogP contribution in [0.2, 0.25) is 0 Å². The summed E-state index contributed by atoms with van der Waals surface area (Å²) in [6.07, 6.45) is 3.72. The van der Waals surface area contributed by atoms with E-state index in [0.29, 0.717) is 17.6 Å². The Bertz CT molecular complexity index is 887. The van der Waals surface area contributed by atoms with Crippen LogP contribution in [0.1, 0.15) is 26.5 Å². The maximum absolute atomic E-state index is 12.8. The lowest BCUT2D eigenvalue weighted by molar-refractivity contribution is 0.104. The third-order valence-electron chi connectivity index (χ3n) is 3.49. The van der Waals surface area contributed by atoms with E-state index in [1.807, 2.05) is 0 Å². The van der Waals surface area contributed by atoms with Gasteiger partial charge in [0.15, 0.2) is 17.8 Å². The van der Waals surface area contributed by atoms with E-state index in [-0.39, 0.29) is 17.4 Å². The van der Waals surface area contributed by atoms with Gasteiger partial charge in [0.25, 0.3) is 0 Å². The number of carbonyl (C=O) groups excluding carboxylic acids is 2. The van der Waals surface area contributed by atoms with E-state index in [2.05, 4.69) is 0 Å². The zero-order valence-electron chi connectivity index (χ0n) is 12.6. The van der Waals surface area contributed by atoms with Crippen molar-refractivity contribution in [2.45, 2.75) is 0 Å². The summed E-state index contributed by atoms with van der Waals surface area (Å²) >= 11 is 0. The van der Waals surface area contributed by atoms with Crippen LogP contribution in [0.3, 0.4) is 0 Å². The number of carbonyl (C=O) groups is 2. The first-order chi connectivity index (χ1) is 11.7. The number of rotatable bonds is 5. The van der Waals surface area contributed by atoms with Gasteiger partial charge < -0.3 is 4.42 Å². The van der Waals surface area contributed by atoms with Gasteiger partial charge >= 0.3 is 0 Å². The Hall–Kier alpha value is -3.27. The highest BCUT2D eigenvalue weighted by Crippen LogP contribution is 2.22. The number of halogens is 1. The second-order valence-electron chi connectivity index (χ2n) is 5.15. The summed E-state index contributed by atoms with van der Waals surface area (Å²) in [5.41, 5.74) is 2.06. The molecule has 2 aromatic carbocycles. The molecule has 3 nitrogen and oxygen atoms in total. The Labute approximate surface area is 138 Å². The molecule has 118 valence electrons. The van der Waals surface area contributed by atoms with Crippen molar-refractivity contribution in [2.75, 3.05) is 0 Å². The molecule has 0 amide bonds. The zero-order valence-corrected chi connectivity index (χ0v) is 12.6. The van der Waals surface area contributed by atoms with E-state index in [1.165, 1.54) is 18.2 Å². The molecule has 0 saturated heterocycles. The van der Waals surface area contributed by atoms with E-state index < -0.39 is 0 Å². The molecule has 0 aliphatic heterocycles. The molecule has 0 saturated carbocycles. The Morgan fingerprint density at radius 2 is 1.62 bits per heavy atom. The average Bonchev–Trinajstić information content (AvgIpc) is 3.10. The van der Waals surface area contributed by atoms with Crippen LogP contribution in [0.4, 0.5) is 4.39 Å². The molecule has 1 aromatic heterocycles. The molecule has 0 bridgehead atoms. The van der Waals surface area contributed by atoms with Crippen molar-refractivity contribution in [3.63, 3.8) is 0 Å². The molecule has 0 N–H and O–H groups in total. The number of aldehydes is 1. The van der Waals surface area contributed by atoms with Crippen LogP contribution in [0.5, 0.6) is 0 Å². The van der Waals surface area contributed by atoms with Crippen LogP contribution < -0.4 is 0 Å². The first-order valence-corrected chi connectivity index (χ1v) is 7.29.